The van der Waals surface area contributed by atoms with Gasteiger partial charge >= 0.3 is 6.18 Å². The van der Waals surface area contributed by atoms with Crippen LogP contribution < -0.4 is 4.90 Å². The Morgan fingerprint density at radius 1 is 1.11 bits per heavy atom. The van der Waals surface area contributed by atoms with Crippen LogP contribution in [-0.2, 0) is 12.7 Å². The fourth-order valence-electron chi connectivity index (χ4n) is 3.63. The number of nitrogens with one attached hydrogen (secondary N) is 2. The summed E-state index contributed by atoms with van der Waals surface area (Å²) in [4.78, 5) is 15.7. The lowest BCUT2D eigenvalue weighted by molar-refractivity contribution is -0.917. The van der Waals surface area contributed by atoms with Gasteiger partial charge in [-0.2, -0.15) is 18.3 Å². The van der Waals surface area contributed by atoms with E-state index in [0.29, 0.717) is 44.0 Å². The van der Waals surface area contributed by atoms with Gasteiger partial charge in [0.05, 0.1) is 37.3 Å². The summed E-state index contributed by atoms with van der Waals surface area (Å²) in [5, 5.41) is 7.83. The average Bonchev–Trinajstić information content (AvgIpc) is 3.12. The van der Waals surface area contributed by atoms with E-state index in [-0.39, 0.29) is 5.91 Å². The molecule has 28 heavy (non-hydrogen) atoms. The zero-order chi connectivity index (χ0) is 19.7. The lowest BCUT2D eigenvalue weighted by Crippen LogP contribution is -3.13. The van der Waals surface area contributed by atoms with Crippen LogP contribution in [-0.4, -0.2) is 47.2 Å². The van der Waals surface area contributed by atoms with Gasteiger partial charge in [0.1, 0.15) is 6.54 Å². The molecule has 0 atom stereocenters. The summed E-state index contributed by atoms with van der Waals surface area (Å²) in [5.74, 6) is -0.115. The number of benzene rings is 2. The molecule has 2 heterocycles. The predicted octanol–water partition coefficient (Wildman–Crippen LogP) is 2.12. The number of nitrogens with zero attached hydrogens (tertiary/aromatic N) is 2. The van der Waals surface area contributed by atoms with Crippen molar-refractivity contribution in [3.05, 3.63) is 65.4 Å². The van der Waals surface area contributed by atoms with Crippen LogP contribution in [0.4, 0.5) is 13.2 Å². The zero-order valence-corrected chi connectivity index (χ0v) is 15.1. The Kier molecular flexibility index (Phi) is 4.80. The quantitative estimate of drug-likeness (QED) is 0.721. The molecule has 0 unspecified atom stereocenters. The van der Waals surface area contributed by atoms with Gasteiger partial charge in [-0.25, -0.2) is 0 Å². The highest BCUT2D eigenvalue weighted by atomic mass is 19.4. The molecule has 0 aliphatic carbocycles. The number of carbonyl (C=O) groups is 1. The summed E-state index contributed by atoms with van der Waals surface area (Å²) in [6.07, 6.45) is -4.33. The zero-order valence-electron chi connectivity index (χ0n) is 15.1. The molecule has 4 rings (SSSR count). The monoisotopic (exact) mass is 389 g/mol. The normalized spacial score (nSPS) is 15.9. The number of fused-ring (bicyclic) bond motifs is 1. The largest absolute Gasteiger partial charge is 0.416 e. The lowest BCUT2D eigenvalue weighted by atomic mass is 10.1. The minimum atomic E-state index is -4.33. The molecule has 0 bridgehead atoms. The number of rotatable bonds is 3. The Morgan fingerprint density at radius 2 is 1.86 bits per heavy atom. The van der Waals surface area contributed by atoms with Crippen LogP contribution in [0.5, 0.6) is 0 Å². The number of para-hydroxylation sites is 1. The van der Waals surface area contributed by atoms with Gasteiger partial charge in [-0.05, 0) is 18.2 Å². The molecule has 1 aliphatic rings. The van der Waals surface area contributed by atoms with E-state index in [0.717, 1.165) is 21.9 Å². The van der Waals surface area contributed by atoms with Gasteiger partial charge in [-0.15, -0.1) is 0 Å². The third-order valence-electron chi connectivity index (χ3n) is 5.14. The minimum absolute atomic E-state index is 0.115. The van der Waals surface area contributed by atoms with Gasteiger partial charge in [0.15, 0.2) is 5.69 Å². The van der Waals surface area contributed by atoms with E-state index in [4.69, 9.17) is 0 Å². The number of hydrogen-bond acceptors (Lipinski definition) is 2. The summed E-state index contributed by atoms with van der Waals surface area (Å²) in [6.45, 7) is 2.98. The molecule has 5 nitrogen and oxygen atoms in total. The number of halogens is 3. The third-order valence-corrected chi connectivity index (χ3v) is 5.14. The first-order valence-corrected chi connectivity index (χ1v) is 9.14. The number of alkyl halides is 3. The number of amides is 1. The Bertz CT molecular complexity index is 990. The van der Waals surface area contributed by atoms with Crippen LogP contribution in [0, 0.1) is 0 Å². The van der Waals surface area contributed by atoms with E-state index in [9.17, 15) is 18.0 Å². The van der Waals surface area contributed by atoms with Crippen molar-refractivity contribution in [2.24, 2.45) is 0 Å². The maximum atomic E-state index is 12.9. The fraction of sp³-hybridized carbons (Fsp3) is 0.300. The van der Waals surface area contributed by atoms with Crippen molar-refractivity contribution in [1.29, 1.82) is 0 Å². The summed E-state index contributed by atoms with van der Waals surface area (Å²) < 4.78 is 38.6. The molecule has 0 saturated carbocycles. The van der Waals surface area contributed by atoms with Gasteiger partial charge < -0.3 is 9.80 Å². The minimum Gasteiger partial charge on any atom is -0.328 e. The van der Waals surface area contributed by atoms with Crippen LogP contribution in [0.1, 0.15) is 21.6 Å². The molecule has 1 aliphatic heterocycles. The Morgan fingerprint density at radius 3 is 2.61 bits per heavy atom. The van der Waals surface area contributed by atoms with Gasteiger partial charge in [0, 0.05) is 10.9 Å². The lowest BCUT2D eigenvalue weighted by Gasteiger charge is -2.32. The van der Waals surface area contributed by atoms with Gasteiger partial charge in [-0.3, -0.25) is 9.89 Å². The first-order chi connectivity index (χ1) is 13.4. The predicted molar refractivity (Wildman–Crippen MR) is 97.8 cm³/mol. The van der Waals surface area contributed by atoms with E-state index in [1.807, 2.05) is 24.3 Å². The van der Waals surface area contributed by atoms with Crippen molar-refractivity contribution in [1.82, 2.24) is 15.1 Å². The second-order valence-electron chi connectivity index (χ2n) is 7.03. The number of aromatic amines is 1. The van der Waals surface area contributed by atoms with Crippen LogP contribution in [0.2, 0.25) is 0 Å². The second kappa shape index (κ2) is 7.27. The Balaban J connectivity index is 1.39. The number of carbonyl (C=O) groups excluding carboxylic acids is 1. The van der Waals surface area contributed by atoms with Crippen LogP contribution in [0.15, 0.2) is 48.5 Å². The van der Waals surface area contributed by atoms with E-state index in [2.05, 4.69) is 10.2 Å². The van der Waals surface area contributed by atoms with Crippen molar-refractivity contribution >= 4 is 16.8 Å². The molecule has 0 spiro atoms. The summed E-state index contributed by atoms with van der Waals surface area (Å²) in [6, 6.07) is 12.9. The van der Waals surface area contributed by atoms with E-state index in [1.54, 1.807) is 11.0 Å². The smallest absolute Gasteiger partial charge is 0.328 e. The highest BCUT2D eigenvalue weighted by molar-refractivity contribution is 6.04. The number of quaternary nitrogens is 1. The molecule has 1 fully saturated rings. The molecule has 1 aromatic heterocycles. The Labute approximate surface area is 159 Å². The van der Waals surface area contributed by atoms with E-state index < -0.39 is 11.7 Å². The number of piperazine rings is 1. The standard InChI is InChI=1S/C20H19F3N4O/c21-20(22,23)15-5-3-4-14(12-15)13-26-8-10-27(11-9-26)19(28)18-16-6-1-2-7-17(16)24-25-18/h1-7,12H,8-11,13H2,(H,24,25)/p+1. The molecular weight excluding hydrogens is 369 g/mol. The first kappa shape index (κ1) is 18.5. The van der Waals surface area contributed by atoms with Crippen molar-refractivity contribution in [3.63, 3.8) is 0 Å². The molecule has 3 aromatic rings. The van der Waals surface area contributed by atoms with Gasteiger partial charge in [0.25, 0.3) is 5.91 Å². The van der Waals surface area contributed by atoms with Gasteiger partial charge in [0.2, 0.25) is 0 Å². The molecule has 146 valence electrons. The highest BCUT2D eigenvalue weighted by Crippen LogP contribution is 2.29. The highest BCUT2D eigenvalue weighted by Gasteiger charge is 2.31. The molecule has 1 amide bonds. The Hall–Kier alpha value is -2.87. The van der Waals surface area contributed by atoms with E-state index in [1.165, 1.54) is 12.1 Å². The van der Waals surface area contributed by atoms with Crippen LogP contribution in [0.25, 0.3) is 10.9 Å². The fourth-order valence-corrected chi connectivity index (χ4v) is 3.63. The maximum absolute atomic E-state index is 12.9. The second-order valence-corrected chi connectivity index (χ2v) is 7.03. The summed E-state index contributed by atoms with van der Waals surface area (Å²) in [7, 11) is 0. The van der Waals surface area contributed by atoms with Crippen LogP contribution >= 0.6 is 0 Å². The topological polar surface area (TPSA) is 53.4 Å². The van der Waals surface area contributed by atoms with Gasteiger partial charge in [-0.1, -0.05) is 30.3 Å². The molecule has 2 N–H and O–H groups in total. The van der Waals surface area contributed by atoms with Crippen LogP contribution in [0.3, 0.4) is 0 Å². The van der Waals surface area contributed by atoms with Crippen molar-refractivity contribution in [2.75, 3.05) is 26.2 Å². The summed E-state index contributed by atoms with van der Waals surface area (Å²) >= 11 is 0. The molecule has 2 aromatic carbocycles. The average molecular weight is 389 g/mol. The number of H-pyrrole nitrogens is 1. The molecular formula is C20H20F3N4O+. The number of hydrogen-bond donors (Lipinski definition) is 2. The van der Waals surface area contributed by atoms with Crippen molar-refractivity contribution in [3.8, 4) is 0 Å². The number of aromatic nitrogens is 2. The maximum Gasteiger partial charge on any atom is 0.416 e. The first-order valence-electron chi connectivity index (χ1n) is 9.14. The molecule has 8 heteroatoms. The van der Waals surface area contributed by atoms with E-state index >= 15 is 0 Å². The summed E-state index contributed by atoms with van der Waals surface area (Å²) in [5.41, 5.74) is 1.27. The SMILES string of the molecule is O=C(c1n[nH]c2ccccc12)N1CC[NH+](Cc2cccc(C(F)(F)F)c2)CC1. The molecule has 1 saturated heterocycles. The molecule has 0 radical (unpaired) electrons. The van der Waals surface area contributed by atoms with Crippen molar-refractivity contribution in [2.45, 2.75) is 12.7 Å². The third kappa shape index (κ3) is 3.73. The van der Waals surface area contributed by atoms with Crippen molar-refractivity contribution < 1.29 is 22.9 Å².